The van der Waals surface area contributed by atoms with Crippen molar-refractivity contribution in [3.8, 4) is 0 Å². The van der Waals surface area contributed by atoms with E-state index in [9.17, 15) is 4.79 Å². The fourth-order valence-corrected chi connectivity index (χ4v) is 2.23. The van der Waals surface area contributed by atoms with E-state index in [1.807, 2.05) is 25.7 Å². The lowest BCUT2D eigenvalue weighted by Gasteiger charge is -2.24. The molecule has 120 valence electrons. The topological polar surface area (TPSA) is 62.2 Å². The summed E-state index contributed by atoms with van der Waals surface area (Å²) in [5.41, 5.74) is 2.27. The minimum atomic E-state index is 0.0510. The van der Waals surface area contributed by atoms with Crippen molar-refractivity contribution in [1.29, 1.82) is 0 Å². The smallest absolute Gasteiger partial charge is 0.221 e. The molecule has 1 aromatic rings. The van der Waals surface area contributed by atoms with Crippen molar-refractivity contribution < 1.29 is 4.79 Å². The Balaban J connectivity index is 2.87. The summed E-state index contributed by atoms with van der Waals surface area (Å²) in [6, 6.07) is 0. The molecular weight excluding hydrogens is 266 g/mol. The Hall–Kier alpha value is -1.56. The Bertz CT molecular complexity index is 487. The Morgan fingerprint density at radius 1 is 1.38 bits per heavy atom. The number of aryl methyl sites for hydroxylation is 2. The first kappa shape index (κ1) is 17.5. The molecule has 0 fully saturated rings. The summed E-state index contributed by atoms with van der Waals surface area (Å²) in [6.07, 6.45) is 0.476. The van der Waals surface area contributed by atoms with E-state index in [1.165, 1.54) is 5.56 Å². The van der Waals surface area contributed by atoms with Crippen LogP contribution < -0.4 is 15.5 Å². The van der Waals surface area contributed by atoms with Gasteiger partial charge in [0.05, 0.1) is 5.69 Å². The van der Waals surface area contributed by atoms with Crippen LogP contribution in [0.4, 0.5) is 5.82 Å². The van der Waals surface area contributed by atoms with E-state index in [0.29, 0.717) is 13.0 Å². The summed E-state index contributed by atoms with van der Waals surface area (Å²) < 4.78 is 1.89. The number of hydrogen-bond donors (Lipinski definition) is 2. The molecule has 0 saturated heterocycles. The molecule has 6 nitrogen and oxygen atoms in total. The fourth-order valence-electron chi connectivity index (χ4n) is 2.23. The van der Waals surface area contributed by atoms with Gasteiger partial charge in [0, 0.05) is 51.8 Å². The molecule has 21 heavy (non-hydrogen) atoms. The molecule has 0 aliphatic rings. The van der Waals surface area contributed by atoms with Gasteiger partial charge in [0.2, 0.25) is 5.91 Å². The second kappa shape index (κ2) is 6.93. The van der Waals surface area contributed by atoms with Gasteiger partial charge in [-0.1, -0.05) is 0 Å². The maximum absolute atomic E-state index is 11.4. The van der Waals surface area contributed by atoms with Crippen LogP contribution in [0.15, 0.2) is 0 Å². The third kappa shape index (κ3) is 5.04. The SMILES string of the molecule is CNC(=O)CCN(C)c1c(CNC(C)(C)C)c(C)nn1C. The van der Waals surface area contributed by atoms with Crippen molar-refractivity contribution in [2.45, 2.75) is 46.2 Å². The van der Waals surface area contributed by atoms with Gasteiger partial charge in [-0.3, -0.25) is 9.48 Å². The van der Waals surface area contributed by atoms with Crippen molar-refractivity contribution >= 4 is 11.7 Å². The van der Waals surface area contributed by atoms with Gasteiger partial charge < -0.3 is 15.5 Å². The van der Waals surface area contributed by atoms with Crippen LogP contribution >= 0.6 is 0 Å². The average molecular weight is 295 g/mol. The second-order valence-corrected chi connectivity index (χ2v) is 6.46. The number of amides is 1. The highest BCUT2D eigenvalue weighted by molar-refractivity contribution is 5.76. The lowest BCUT2D eigenvalue weighted by atomic mass is 10.1. The largest absolute Gasteiger partial charge is 0.359 e. The zero-order chi connectivity index (χ0) is 16.2. The normalized spacial score (nSPS) is 11.6. The van der Waals surface area contributed by atoms with Crippen LogP contribution in [0.1, 0.15) is 38.4 Å². The van der Waals surface area contributed by atoms with Gasteiger partial charge in [-0.05, 0) is 27.7 Å². The lowest BCUT2D eigenvalue weighted by molar-refractivity contribution is -0.120. The van der Waals surface area contributed by atoms with Crippen molar-refractivity contribution in [3.05, 3.63) is 11.3 Å². The number of nitrogens with one attached hydrogen (secondary N) is 2. The first-order valence-electron chi connectivity index (χ1n) is 7.35. The molecule has 2 N–H and O–H groups in total. The van der Waals surface area contributed by atoms with Crippen LogP contribution in [0.25, 0.3) is 0 Å². The second-order valence-electron chi connectivity index (χ2n) is 6.46. The summed E-state index contributed by atoms with van der Waals surface area (Å²) >= 11 is 0. The highest BCUT2D eigenvalue weighted by Gasteiger charge is 2.19. The first-order valence-corrected chi connectivity index (χ1v) is 7.35. The van der Waals surface area contributed by atoms with Gasteiger partial charge in [-0.2, -0.15) is 5.10 Å². The van der Waals surface area contributed by atoms with Crippen molar-refractivity contribution in [2.24, 2.45) is 7.05 Å². The molecule has 0 saturated carbocycles. The molecule has 0 unspecified atom stereocenters. The predicted molar refractivity (Wildman–Crippen MR) is 86.5 cm³/mol. The standard InChI is InChI=1S/C15H29N5O/c1-11-12(10-17-15(2,3)4)14(20(7)18-11)19(6)9-8-13(21)16-5/h17H,8-10H2,1-7H3,(H,16,21). The number of anilines is 1. The summed E-state index contributed by atoms with van der Waals surface area (Å²) in [6.45, 7) is 9.90. The number of hydrogen-bond acceptors (Lipinski definition) is 4. The molecule has 0 bridgehead atoms. The van der Waals surface area contributed by atoms with Crippen LogP contribution in [0.2, 0.25) is 0 Å². The minimum Gasteiger partial charge on any atom is -0.359 e. The minimum absolute atomic E-state index is 0.0510. The molecule has 6 heteroatoms. The molecule has 1 aromatic heterocycles. The van der Waals surface area contributed by atoms with E-state index in [1.54, 1.807) is 7.05 Å². The van der Waals surface area contributed by atoms with Gasteiger partial charge in [-0.15, -0.1) is 0 Å². The average Bonchev–Trinajstić information content (AvgIpc) is 2.66. The number of nitrogens with zero attached hydrogens (tertiary/aromatic N) is 3. The van der Waals surface area contributed by atoms with Crippen LogP contribution in [-0.2, 0) is 18.4 Å². The Morgan fingerprint density at radius 3 is 2.52 bits per heavy atom. The number of carbonyl (C=O) groups excluding carboxylic acids is 1. The molecule has 1 rings (SSSR count). The highest BCUT2D eigenvalue weighted by Crippen LogP contribution is 2.23. The molecule has 1 amide bonds. The molecular formula is C15H29N5O. The first-order chi connectivity index (χ1) is 9.65. The fraction of sp³-hybridized carbons (Fsp3) is 0.733. The van der Waals surface area contributed by atoms with E-state index in [0.717, 1.165) is 18.1 Å². The third-order valence-electron chi connectivity index (χ3n) is 3.42. The highest BCUT2D eigenvalue weighted by atomic mass is 16.1. The monoisotopic (exact) mass is 295 g/mol. The quantitative estimate of drug-likeness (QED) is 0.827. The van der Waals surface area contributed by atoms with Gasteiger partial charge in [0.1, 0.15) is 5.82 Å². The van der Waals surface area contributed by atoms with Crippen LogP contribution in [0.5, 0.6) is 0 Å². The zero-order valence-electron chi connectivity index (χ0n) is 14.4. The van der Waals surface area contributed by atoms with Crippen LogP contribution in [0, 0.1) is 6.92 Å². The summed E-state index contributed by atoms with van der Waals surface area (Å²) in [4.78, 5) is 13.5. The number of rotatable bonds is 6. The number of carbonyl (C=O) groups is 1. The van der Waals surface area contributed by atoms with Crippen molar-refractivity contribution in [2.75, 3.05) is 25.5 Å². The van der Waals surface area contributed by atoms with Crippen molar-refractivity contribution in [1.82, 2.24) is 20.4 Å². The molecule has 0 aromatic carbocycles. The lowest BCUT2D eigenvalue weighted by Crippen LogP contribution is -2.36. The Kier molecular flexibility index (Phi) is 5.78. The van der Waals surface area contributed by atoms with Gasteiger partial charge in [-0.25, -0.2) is 0 Å². The van der Waals surface area contributed by atoms with Gasteiger partial charge in [0.25, 0.3) is 0 Å². The van der Waals surface area contributed by atoms with E-state index in [2.05, 4.69) is 41.4 Å². The predicted octanol–water partition coefficient (Wildman–Crippen LogP) is 1.19. The summed E-state index contributed by atoms with van der Waals surface area (Å²) in [7, 11) is 5.61. The molecule has 0 radical (unpaired) electrons. The van der Waals surface area contributed by atoms with E-state index < -0.39 is 0 Å². The van der Waals surface area contributed by atoms with Gasteiger partial charge >= 0.3 is 0 Å². The molecule has 0 atom stereocenters. The maximum Gasteiger partial charge on any atom is 0.221 e. The molecule has 0 spiro atoms. The molecule has 0 aliphatic carbocycles. The third-order valence-corrected chi connectivity index (χ3v) is 3.42. The van der Waals surface area contributed by atoms with Crippen LogP contribution in [0.3, 0.4) is 0 Å². The molecule has 0 aliphatic heterocycles. The molecule has 1 heterocycles. The maximum atomic E-state index is 11.4. The number of aromatic nitrogens is 2. The Morgan fingerprint density at radius 2 is 2.00 bits per heavy atom. The van der Waals surface area contributed by atoms with E-state index in [4.69, 9.17) is 0 Å². The summed E-state index contributed by atoms with van der Waals surface area (Å²) in [5, 5.41) is 10.7. The van der Waals surface area contributed by atoms with Gasteiger partial charge in [0.15, 0.2) is 0 Å². The zero-order valence-corrected chi connectivity index (χ0v) is 14.4. The van der Waals surface area contributed by atoms with E-state index in [-0.39, 0.29) is 11.4 Å². The Labute approximate surface area is 127 Å². The van der Waals surface area contributed by atoms with Crippen LogP contribution in [-0.4, -0.2) is 41.9 Å². The van der Waals surface area contributed by atoms with Crippen molar-refractivity contribution in [3.63, 3.8) is 0 Å². The summed E-state index contributed by atoms with van der Waals surface area (Å²) in [5.74, 6) is 1.11. The van der Waals surface area contributed by atoms with E-state index >= 15 is 0 Å².